The second-order valence-corrected chi connectivity index (χ2v) is 7.70. The Bertz CT molecular complexity index is 1250. The molecule has 0 aliphatic carbocycles. The molecule has 9 nitrogen and oxygen atoms in total. The highest BCUT2D eigenvalue weighted by molar-refractivity contribution is 6.01. The fraction of sp³-hybridized carbons (Fsp3) is 0.333. The summed E-state index contributed by atoms with van der Waals surface area (Å²) in [5.74, 6) is -2.29. The van der Waals surface area contributed by atoms with E-state index in [1.165, 1.54) is 4.90 Å². The van der Waals surface area contributed by atoms with E-state index in [2.05, 4.69) is 20.4 Å². The number of benzene rings is 1. The number of carbonyl (C=O) groups excluding carboxylic acids is 3. The van der Waals surface area contributed by atoms with E-state index in [9.17, 15) is 27.6 Å². The van der Waals surface area contributed by atoms with Gasteiger partial charge in [0.25, 0.3) is 11.6 Å². The second-order valence-electron chi connectivity index (χ2n) is 7.70. The number of aryl methyl sites for hydroxylation is 2. The van der Waals surface area contributed by atoms with Gasteiger partial charge in [0.05, 0.1) is 13.0 Å². The summed E-state index contributed by atoms with van der Waals surface area (Å²) in [6, 6.07) is 6.69. The van der Waals surface area contributed by atoms with Crippen molar-refractivity contribution >= 4 is 29.2 Å². The highest BCUT2D eigenvalue weighted by atomic mass is 19.4. The molecular formula is C21H19F3N6O3. The monoisotopic (exact) mass is 460 g/mol. The van der Waals surface area contributed by atoms with Crippen molar-refractivity contribution in [2.45, 2.75) is 45.8 Å². The van der Waals surface area contributed by atoms with Crippen LogP contribution in [0.25, 0.3) is 5.78 Å². The van der Waals surface area contributed by atoms with Crippen molar-refractivity contribution < 1.29 is 27.6 Å². The van der Waals surface area contributed by atoms with Gasteiger partial charge in [0.2, 0.25) is 17.7 Å². The van der Waals surface area contributed by atoms with Gasteiger partial charge in [-0.25, -0.2) is 9.50 Å². The van der Waals surface area contributed by atoms with Gasteiger partial charge in [-0.1, -0.05) is 12.1 Å². The van der Waals surface area contributed by atoms with Crippen molar-refractivity contribution in [3.8, 4) is 0 Å². The van der Waals surface area contributed by atoms with E-state index in [1.807, 2.05) is 0 Å². The fourth-order valence-electron chi connectivity index (χ4n) is 3.63. The van der Waals surface area contributed by atoms with E-state index >= 15 is 0 Å². The number of rotatable bonds is 5. The van der Waals surface area contributed by atoms with E-state index in [0.717, 1.165) is 10.1 Å². The Morgan fingerprint density at radius 2 is 1.70 bits per heavy atom. The molecule has 0 radical (unpaired) electrons. The summed E-state index contributed by atoms with van der Waals surface area (Å²) in [7, 11) is 0. The molecule has 1 aromatic carbocycles. The summed E-state index contributed by atoms with van der Waals surface area (Å²) in [6.45, 7) is 3.32. The quantitative estimate of drug-likeness (QED) is 0.587. The minimum Gasteiger partial charge on any atom is -0.326 e. The number of hydrogen-bond donors (Lipinski definition) is 1. The maximum atomic E-state index is 12.9. The molecule has 0 saturated carbocycles. The second kappa shape index (κ2) is 8.26. The van der Waals surface area contributed by atoms with Crippen LogP contribution in [-0.2, 0) is 33.5 Å². The first-order chi connectivity index (χ1) is 15.5. The minimum atomic E-state index is -4.70. The number of amides is 3. The van der Waals surface area contributed by atoms with E-state index in [1.54, 1.807) is 38.1 Å². The minimum absolute atomic E-state index is 0.125. The van der Waals surface area contributed by atoms with Crippen molar-refractivity contribution in [2.24, 2.45) is 0 Å². The molecule has 1 fully saturated rings. The van der Waals surface area contributed by atoms with E-state index in [-0.39, 0.29) is 43.4 Å². The van der Waals surface area contributed by atoms with Gasteiger partial charge in [-0.05, 0) is 31.5 Å². The van der Waals surface area contributed by atoms with Gasteiger partial charge < -0.3 is 5.32 Å². The summed E-state index contributed by atoms with van der Waals surface area (Å²) in [5.41, 5.74) is 2.40. The molecule has 1 N–H and O–H groups in total. The topological polar surface area (TPSA) is 110 Å². The van der Waals surface area contributed by atoms with Crippen LogP contribution in [-0.4, -0.2) is 42.2 Å². The number of hydrogen-bond acceptors (Lipinski definition) is 6. The zero-order valence-corrected chi connectivity index (χ0v) is 17.7. The van der Waals surface area contributed by atoms with Crippen molar-refractivity contribution in [3.05, 3.63) is 52.6 Å². The molecule has 3 heterocycles. The lowest BCUT2D eigenvalue weighted by molar-refractivity contribution is -0.145. The zero-order valence-electron chi connectivity index (χ0n) is 17.7. The molecule has 2 aromatic heterocycles. The Labute approximate surface area is 185 Å². The standard InChI is InChI=1S/C21H19F3N6O3/c1-11-15(12(2)30-20(25-11)27-19(28-30)21(22,23)24)9-16(31)26-14-5-3-13(4-6-14)10-29-17(32)7-8-18(29)33/h3-6H,7-10H2,1-2H3,(H,26,31). The van der Waals surface area contributed by atoms with Crippen molar-refractivity contribution in [1.82, 2.24) is 24.5 Å². The molecule has 0 atom stereocenters. The van der Waals surface area contributed by atoms with E-state index in [4.69, 9.17) is 0 Å². The number of alkyl halides is 3. The van der Waals surface area contributed by atoms with E-state index in [0.29, 0.717) is 22.6 Å². The molecule has 172 valence electrons. The van der Waals surface area contributed by atoms with Crippen LogP contribution in [0.2, 0.25) is 0 Å². The molecule has 1 aliphatic heterocycles. The van der Waals surface area contributed by atoms with Crippen molar-refractivity contribution in [2.75, 3.05) is 5.32 Å². The molecule has 0 spiro atoms. The maximum absolute atomic E-state index is 12.9. The van der Waals surface area contributed by atoms with Crippen LogP contribution < -0.4 is 5.32 Å². The molecule has 0 unspecified atom stereocenters. The summed E-state index contributed by atoms with van der Waals surface area (Å²) < 4.78 is 39.8. The lowest BCUT2D eigenvalue weighted by Crippen LogP contribution is -2.28. The van der Waals surface area contributed by atoms with Crippen LogP contribution in [0.1, 0.15) is 41.2 Å². The third-order valence-corrected chi connectivity index (χ3v) is 5.37. The van der Waals surface area contributed by atoms with Gasteiger partial charge in [-0.15, -0.1) is 5.10 Å². The van der Waals surface area contributed by atoms with Gasteiger partial charge in [-0.2, -0.15) is 18.2 Å². The van der Waals surface area contributed by atoms with Crippen LogP contribution in [0.3, 0.4) is 0 Å². The number of aromatic nitrogens is 4. The highest BCUT2D eigenvalue weighted by Gasteiger charge is 2.37. The van der Waals surface area contributed by atoms with Crippen LogP contribution in [0.5, 0.6) is 0 Å². The number of nitrogens with one attached hydrogen (secondary N) is 1. The number of carbonyl (C=O) groups is 3. The van der Waals surface area contributed by atoms with Crippen LogP contribution in [0.15, 0.2) is 24.3 Å². The predicted octanol–water partition coefficient (Wildman–Crippen LogP) is 2.59. The molecule has 1 saturated heterocycles. The number of fused-ring (bicyclic) bond motifs is 1. The van der Waals surface area contributed by atoms with Gasteiger partial charge in [0.1, 0.15) is 0 Å². The zero-order chi connectivity index (χ0) is 23.9. The summed E-state index contributed by atoms with van der Waals surface area (Å²) in [6.07, 6.45) is -4.38. The first-order valence-corrected chi connectivity index (χ1v) is 10.0. The Morgan fingerprint density at radius 1 is 1.06 bits per heavy atom. The Balaban J connectivity index is 1.46. The van der Waals surface area contributed by atoms with E-state index < -0.39 is 17.9 Å². The molecule has 3 amide bonds. The SMILES string of the molecule is Cc1nc2nc(C(F)(F)F)nn2c(C)c1CC(=O)Nc1ccc(CN2C(=O)CCC2=O)cc1. The van der Waals surface area contributed by atoms with Crippen LogP contribution in [0, 0.1) is 13.8 Å². The summed E-state index contributed by atoms with van der Waals surface area (Å²) >= 11 is 0. The van der Waals surface area contributed by atoms with Gasteiger partial charge >= 0.3 is 6.18 Å². The smallest absolute Gasteiger partial charge is 0.326 e. The molecular weight excluding hydrogens is 441 g/mol. The summed E-state index contributed by atoms with van der Waals surface area (Å²) in [5, 5.41) is 6.19. The average molecular weight is 460 g/mol. The first kappa shape index (κ1) is 22.4. The average Bonchev–Trinajstić information content (AvgIpc) is 3.31. The molecule has 1 aliphatic rings. The van der Waals surface area contributed by atoms with Crippen molar-refractivity contribution in [1.29, 1.82) is 0 Å². The predicted molar refractivity (Wildman–Crippen MR) is 109 cm³/mol. The first-order valence-electron chi connectivity index (χ1n) is 10.0. The molecule has 4 rings (SSSR count). The van der Waals surface area contributed by atoms with Gasteiger partial charge in [0, 0.05) is 35.5 Å². The summed E-state index contributed by atoms with van der Waals surface area (Å²) in [4.78, 5) is 44.7. The third kappa shape index (κ3) is 4.54. The molecule has 3 aromatic rings. The molecule has 0 bridgehead atoms. The fourth-order valence-corrected chi connectivity index (χ4v) is 3.63. The highest BCUT2D eigenvalue weighted by Crippen LogP contribution is 2.27. The number of likely N-dealkylation sites (tertiary alicyclic amines) is 1. The Hall–Kier alpha value is -3.83. The van der Waals surface area contributed by atoms with Crippen LogP contribution in [0.4, 0.5) is 18.9 Å². The van der Waals surface area contributed by atoms with Gasteiger partial charge in [-0.3, -0.25) is 19.3 Å². The lowest BCUT2D eigenvalue weighted by Gasteiger charge is -2.14. The van der Waals surface area contributed by atoms with Crippen molar-refractivity contribution in [3.63, 3.8) is 0 Å². The number of nitrogens with zero attached hydrogens (tertiary/aromatic N) is 5. The molecule has 12 heteroatoms. The third-order valence-electron chi connectivity index (χ3n) is 5.37. The Kier molecular flexibility index (Phi) is 5.60. The van der Waals surface area contributed by atoms with Crippen LogP contribution >= 0.6 is 0 Å². The number of anilines is 1. The normalized spacial score (nSPS) is 14.4. The number of halogens is 3. The maximum Gasteiger partial charge on any atom is 0.453 e. The number of imide groups is 1. The van der Waals surface area contributed by atoms with Gasteiger partial charge in [0.15, 0.2) is 0 Å². The Morgan fingerprint density at radius 3 is 2.30 bits per heavy atom. The largest absolute Gasteiger partial charge is 0.453 e. The lowest BCUT2D eigenvalue weighted by atomic mass is 10.1. The molecule has 33 heavy (non-hydrogen) atoms.